The third-order valence-electron chi connectivity index (χ3n) is 7.72. The molecule has 0 atom stereocenters. The van der Waals surface area contributed by atoms with Crippen molar-refractivity contribution in [3.05, 3.63) is 118 Å². The van der Waals surface area contributed by atoms with Gasteiger partial charge in [0.1, 0.15) is 12.4 Å². The molecule has 2 heterocycles. The van der Waals surface area contributed by atoms with Crippen molar-refractivity contribution in [2.24, 2.45) is 4.99 Å². The summed E-state index contributed by atoms with van der Waals surface area (Å²) in [6, 6.07) is 27.3. The smallest absolute Gasteiger partial charge is 0.338 e. The van der Waals surface area contributed by atoms with Gasteiger partial charge in [-0.15, -0.1) is 0 Å². The van der Waals surface area contributed by atoms with Crippen molar-refractivity contribution in [2.75, 3.05) is 20.6 Å². The summed E-state index contributed by atoms with van der Waals surface area (Å²) in [6.45, 7) is 3.16. The van der Waals surface area contributed by atoms with Gasteiger partial charge < -0.3 is 14.6 Å². The molecule has 1 aliphatic heterocycles. The summed E-state index contributed by atoms with van der Waals surface area (Å²) in [7, 11) is 4.03. The van der Waals surface area contributed by atoms with Gasteiger partial charge in [0.2, 0.25) is 0 Å². The number of hydrogen-bond donors (Lipinski definition) is 1. The number of ether oxygens (including phenoxy) is 1. The first-order valence-electron chi connectivity index (χ1n) is 14.5. The van der Waals surface area contributed by atoms with Gasteiger partial charge in [-0.3, -0.25) is 9.79 Å². The van der Waals surface area contributed by atoms with Gasteiger partial charge in [-0.05, 0) is 87.1 Å². The average molecular weight is 571 g/mol. The van der Waals surface area contributed by atoms with E-state index >= 15 is 0 Å². The summed E-state index contributed by atoms with van der Waals surface area (Å²) in [5.74, 6) is 0.561. The maximum absolute atomic E-state index is 12.7. The molecule has 0 amide bonds. The minimum atomic E-state index is -0.340. The molecular weight excluding hydrogens is 536 g/mol. The number of aryl methyl sites for hydroxylation is 1. The van der Waals surface area contributed by atoms with Gasteiger partial charge in [0.15, 0.2) is 5.78 Å². The fourth-order valence-electron chi connectivity index (χ4n) is 5.25. The monoisotopic (exact) mass is 570 g/mol. The van der Waals surface area contributed by atoms with E-state index in [0.717, 1.165) is 63.5 Å². The van der Waals surface area contributed by atoms with Crippen LogP contribution in [0.25, 0.3) is 22.4 Å². The number of benzene rings is 4. The molecule has 0 unspecified atom stereocenters. The van der Waals surface area contributed by atoms with Crippen LogP contribution in [0.4, 0.5) is 5.69 Å². The predicted molar refractivity (Wildman–Crippen MR) is 170 cm³/mol. The maximum Gasteiger partial charge on any atom is 0.338 e. The summed E-state index contributed by atoms with van der Waals surface area (Å²) >= 11 is 0. The lowest BCUT2D eigenvalue weighted by atomic mass is 10.0. The van der Waals surface area contributed by atoms with Gasteiger partial charge in [-0.1, -0.05) is 54.1 Å². The second-order valence-corrected chi connectivity index (χ2v) is 11.4. The summed E-state index contributed by atoms with van der Waals surface area (Å²) in [6.07, 6.45) is 2.01. The fourth-order valence-corrected chi connectivity index (χ4v) is 5.25. The standard InChI is InChI=1S/C36H34N4O3/c1-23-6-8-24(9-7-23)22-43-36(42)28-15-16-30-29(19-28)21-32(37-30)25-10-12-26(13-11-25)35-38-31-17-14-27(20-33(31)39-35)34(41)5-4-18-40(2)3/h6-17,19-20H,4-5,18,21-22H2,1-3H3,(H,38,39). The van der Waals surface area contributed by atoms with Crippen LogP contribution in [0.2, 0.25) is 0 Å². The quantitative estimate of drug-likeness (QED) is 0.143. The lowest BCUT2D eigenvalue weighted by Gasteiger charge is -2.08. The Labute approximate surface area is 251 Å². The number of aromatic nitrogens is 2. The van der Waals surface area contributed by atoms with E-state index in [0.29, 0.717) is 24.0 Å². The number of aromatic amines is 1. The second-order valence-electron chi connectivity index (χ2n) is 11.4. The first-order valence-corrected chi connectivity index (χ1v) is 14.5. The van der Waals surface area contributed by atoms with Crippen LogP contribution in [0.15, 0.2) is 89.9 Å². The predicted octanol–water partition coefficient (Wildman–Crippen LogP) is 7.10. The van der Waals surface area contributed by atoms with Crippen molar-refractivity contribution in [1.82, 2.24) is 14.9 Å². The van der Waals surface area contributed by atoms with Gasteiger partial charge in [0.05, 0.1) is 28.0 Å². The molecule has 43 heavy (non-hydrogen) atoms. The number of aliphatic imine (C=N–C) groups is 1. The minimum absolute atomic E-state index is 0.147. The Morgan fingerprint density at radius 1 is 0.884 bits per heavy atom. The number of carbonyl (C=O) groups is 2. The molecule has 0 saturated heterocycles. The zero-order chi connectivity index (χ0) is 29.9. The first kappa shape index (κ1) is 28.2. The molecule has 0 bridgehead atoms. The van der Waals surface area contributed by atoms with Crippen LogP contribution < -0.4 is 0 Å². The maximum atomic E-state index is 12.7. The van der Waals surface area contributed by atoms with Gasteiger partial charge in [0, 0.05) is 24.0 Å². The van der Waals surface area contributed by atoms with E-state index in [4.69, 9.17) is 14.7 Å². The highest BCUT2D eigenvalue weighted by Gasteiger charge is 2.19. The van der Waals surface area contributed by atoms with E-state index in [2.05, 4.69) is 9.88 Å². The third-order valence-corrected chi connectivity index (χ3v) is 7.72. The molecule has 4 aromatic carbocycles. The normalized spacial score (nSPS) is 12.4. The van der Waals surface area contributed by atoms with Crippen LogP contribution in [0.3, 0.4) is 0 Å². The van der Waals surface area contributed by atoms with Crippen LogP contribution in [-0.4, -0.2) is 53.0 Å². The summed E-state index contributed by atoms with van der Waals surface area (Å²) in [5.41, 5.74) is 9.85. The molecule has 7 heteroatoms. The Hall–Kier alpha value is -4.88. The first-order chi connectivity index (χ1) is 20.8. The number of H-pyrrole nitrogens is 1. The van der Waals surface area contributed by atoms with Crippen molar-refractivity contribution in [1.29, 1.82) is 0 Å². The van der Waals surface area contributed by atoms with Crippen molar-refractivity contribution in [3.8, 4) is 11.4 Å². The number of esters is 1. The van der Waals surface area contributed by atoms with E-state index < -0.39 is 0 Å². The number of imidazole rings is 1. The SMILES string of the molecule is Cc1ccc(COC(=O)c2ccc3c(c2)CC(c2ccc(-c4nc5ccc(C(=O)CCCN(C)C)cc5[nH]4)cc2)=N3)cc1. The van der Waals surface area contributed by atoms with Gasteiger partial charge in [-0.25, -0.2) is 9.78 Å². The Morgan fingerprint density at radius 2 is 1.63 bits per heavy atom. The number of ketones is 1. The number of nitrogens with zero attached hydrogens (tertiary/aromatic N) is 3. The third kappa shape index (κ3) is 6.47. The van der Waals surface area contributed by atoms with Crippen LogP contribution >= 0.6 is 0 Å². The molecule has 0 fully saturated rings. The number of nitrogens with one attached hydrogen (secondary N) is 1. The van der Waals surface area contributed by atoms with Crippen LogP contribution in [-0.2, 0) is 17.8 Å². The molecular formula is C36H34N4O3. The van der Waals surface area contributed by atoms with E-state index in [1.54, 1.807) is 6.07 Å². The van der Waals surface area contributed by atoms with Crippen LogP contribution in [0.1, 0.15) is 55.8 Å². The topological polar surface area (TPSA) is 87.6 Å². The largest absolute Gasteiger partial charge is 0.457 e. The molecule has 1 N–H and O–H groups in total. The summed E-state index contributed by atoms with van der Waals surface area (Å²) < 4.78 is 5.54. The van der Waals surface area contributed by atoms with Gasteiger partial charge in [0.25, 0.3) is 0 Å². The number of Topliss-reactive ketones (excluding diaryl/α,β-unsaturated/α-hetero) is 1. The average Bonchev–Trinajstić information content (AvgIpc) is 3.64. The molecule has 7 nitrogen and oxygen atoms in total. The number of fused-ring (bicyclic) bond motifs is 2. The zero-order valence-electron chi connectivity index (χ0n) is 24.7. The van der Waals surface area contributed by atoms with Crippen LogP contribution in [0.5, 0.6) is 0 Å². The van der Waals surface area contributed by atoms with Crippen molar-refractivity contribution < 1.29 is 14.3 Å². The number of carbonyl (C=O) groups excluding carboxylic acids is 2. The zero-order valence-corrected chi connectivity index (χ0v) is 24.7. The molecule has 1 aromatic heterocycles. The van der Waals surface area contributed by atoms with E-state index in [-0.39, 0.29) is 18.4 Å². The molecule has 6 rings (SSSR count). The highest BCUT2D eigenvalue weighted by molar-refractivity contribution is 6.07. The molecule has 0 saturated carbocycles. The highest BCUT2D eigenvalue weighted by Crippen LogP contribution is 2.31. The summed E-state index contributed by atoms with van der Waals surface area (Å²) in [5, 5.41) is 0. The highest BCUT2D eigenvalue weighted by atomic mass is 16.5. The molecule has 1 aliphatic rings. The van der Waals surface area contributed by atoms with Crippen molar-refractivity contribution in [2.45, 2.75) is 32.8 Å². The lowest BCUT2D eigenvalue weighted by molar-refractivity contribution is 0.0472. The molecule has 0 spiro atoms. The molecule has 0 radical (unpaired) electrons. The number of hydrogen-bond acceptors (Lipinski definition) is 6. The fraction of sp³-hybridized carbons (Fsp3) is 0.222. The van der Waals surface area contributed by atoms with Crippen LogP contribution in [0, 0.1) is 6.92 Å². The van der Waals surface area contributed by atoms with Crippen molar-refractivity contribution >= 4 is 34.2 Å². The number of rotatable bonds is 10. The van der Waals surface area contributed by atoms with E-state index in [9.17, 15) is 9.59 Å². The molecule has 5 aromatic rings. The Balaban J connectivity index is 1.10. The van der Waals surface area contributed by atoms with Crippen molar-refractivity contribution in [3.63, 3.8) is 0 Å². The second kappa shape index (κ2) is 12.2. The lowest BCUT2D eigenvalue weighted by Crippen LogP contribution is -2.14. The van der Waals surface area contributed by atoms with E-state index in [1.807, 2.05) is 99.9 Å². The Morgan fingerprint density at radius 3 is 2.40 bits per heavy atom. The molecule has 0 aliphatic carbocycles. The van der Waals surface area contributed by atoms with E-state index in [1.165, 1.54) is 5.56 Å². The van der Waals surface area contributed by atoms with Gasteiger partial charge >= 0.3 is 5.97 Å². The Bertz CT molecular complexity index is 1830. The molecule has 216 valence electrons. The summed E-state index contributed by atoms with van der Waals surface area (Å²) in [4.78, 5) is 40.4. The van der Waals surface area contributed by atoms with Gasteiger partial charge in [-0.2, -0.15) is 0 Å². The minimum Gasteiger partial charge on any atom is -0.457 e. The Kier molecular flexibility index (Phi) is 7.99.